The third kappa shape index (κ3) is 4.55. The minimum absolute atomic E-state index is 0.478. The van der Waals surface area contributed by atoms with Crippen LogP contribution >= 0.6 is 11.6 Å². The van der Waals surface area contributed by atoms with E-state index in [0.29, 0.717) is 23.3 Å². The Hall–Kier alpha value is -2.99. The number of nitrogens with zero attached hydrogens (tertiary/aromatic N) is 2. The average molecular weight is 371 g/mol. The number of benzene rings is 2. The highest BCUT2D eigenvalue weighted by molar-refractivity contribution is 6.32. The molecule has 7 heteroatoms. The molecule has 0 spiro atoms. The summed E-state index contributed by atoms with van der Waals surface area (Å²) in [5.41, 5.74) is 1.91. The molecule has 0 unspecified atom stereocenters. The zero-order chi connectivity index (χ0) is 18.4. The Balaban J connectivity index is 1.64. The van der Waals surface area contributed by atoms with Crippen LogP contribution in [-0.4, -0.2) is 24.2 Å². The van der Waals surface area contributed by atoms with Crippen LogP contribution in [0.2, 0.25) is 5.02 Å². The number of hydrogen-bond acceptors (Lipinski definition) is 6. The molecule has 3 rings (SSSR count). The molecule has 0 saturated heterocycles. The van der Waals surface area contributed by atoms with Gasteiger partial charge in [-0.3, -0.25) is 0 Å². The van der Waals surface area contributed by atoms with E-state index in [1.54, 1.807) is 32.5 Å². The van der Waals surface area contributed by atoms with Gasteiger partial charge in [-0.1, -0.05) is 23.7 Å². The standard InChI is InChI=1S/C19H19ClN4O2/c1-25-15-6-3-13(4-7-15)12-22-18-9-10-21-19(24-18)23-14-5-8-17(26-2)16(20)11-14/h3-11H,12H2,1-2H3,(H2,21,22,23,24). The molecule has 0 fully saturated rings. The lowest BCUT2D eigenvalue weighted by Gasteiger charge is -2.10. The lowest BCUT2D eigenvalue weighted by molar-refractivity contribution is 0.414. The van der Waals surface area contributed by atoms with Gasteiger partial charge in [0, 0.05) is 18.4 Å². The molecule has 6 nitrogen and oxygen atoms in total. The van der Waals surface area contributed by atoms with E-state index in [4.69, 9.17) is 21.1 Å². The largest absolute Gasteiger partial charge is 0.497 e. The van der Waals surface area contributed by atoms with Crippen molar-refractivity contribution in [3.8, 4) is 11.5 Å². The number of hydrogen-bond donors (Lipinski definition) is 2. The van der Waals surface area contributed by atoms with Gasteiger partial charge in [-0.25, -0.2) is 4.98 Å². The molecule has 2 aromatic carbocycles. The molecule has 134 valence electrons. The fraction of sp³-hybridized carbons (Fsp3) is 0.158. The van der Waals surface area contributed by atoms with E-state index >= 15 is 0 Å². The van der Waals surface area contributed by atoms with Gasteiger partial charge in [0.1, 0.15) is 17.3 Å². The second kappa shape index (κ2) is 8.40. The molecule has 0 radical (unpaired) electrons. The Morgan fingerprint density at radius 2 is 1.81 bits per heavy atom. The Morgan fingerprint density at radius 3 is 2.50 bits per heavy atom. The third-order valence-electron chi connectivity index (χ3n) is 3.70. The minimum atomic E-state index is 0.478. The number of aromatic nitrogens is 2. The van der Waals surface area contributed by atoms with Crippen LogP contribution < -0.4 is 20.1 Å². The van der Waals surface area contributed by atoms with Crippen LogP contribution in [0, 0.1) is 0 Å². The lowest BCUT2D eigenvalue weighted by Crippen LogP contribution is -2.04. The molecular weight excluding hydrogens is 352 g/mol. The molecule has 0 atom stereocenters. The molecule has 2 N–H and O–H groups in total. The van der Waals surface area contributed by atoms with Crippen molar-refractivity contribution in [3.05, 3.63) is 65.3 Å². The van der Waals surface area contributed by atoms with Crippen molar-refractivity contribution in [1.29, 1.82) is 0 Å². The molecule has 0 saturated carbocycles. The second-order valence-corrected chi connectivity index (χ2v) is 5.85. The second-order valence-electron chi connectivity index (χ2n) is 5.44. The quantitative estimate of drug-likeness (QED) is 0.638. The van der Waals surface area contributed by atoms with Gasteiger partial charge in [-0.15, -0.1) is 0 Å². The van der Waals surface area contributed by atoms with Gasteiger partial charge < -0.3 is 20.1 Å². The Kier molecular flexibility index (Phi) is 5.76. The van der Waals surface area contributed by atoms with Crippen molar-refractivity contribution in [2.24, 2.45) is 0 Å². The summed E-state index contributed by atoms with van der Waals surface area (Å²) in [5, 5.41) is 6.93. The summed E-state index contributed by atoms with van der Waals surface area (Å²) in [6.07, 6.45) is 1.69. The first-order chi connectivity index (χ1) is 12.7. The summed E-state index contributed by atoms with van der Waals surface area (Å²) in [4.78, 5) is 8.69. The smallest absolute Gasteiger partial charge is 0.229 e. The molecular formula is C19H19ClN4O2. The van der Waals surface area contributed by atoms with E-state index in [-0.39, 0.29) is 0 Å². The van der Waals surface area contributed by atoms with Crippen molar-refractivity contribution in [2.45, 2.75) is 6.54 Å². The fourth-order valence-corrected chi connectivity index (χ4v) is 2.58. The van der Waals surface area contributed by atoms with E-state index in [9.17, 15) is 0 Å². The van der Waals surface area contributed by atoms with Crippen molar-refractivity contribution in [1.82, 2.24) is 9.97 Å². The van der Waals surface area contributed by atoms with Crippen LogP contribution in [0.3, 0.4) is 0 Å². The molecule has 1 aromatic heterocycles. The van der Waals surface area contributed by atoms with Crippen LogP contribution in [0.5, 0.6) is 11.5 Å². The monoisotopic (exact) mass is 370 g/mol. The number of rotatable bonds is 7. The van der Waals surface area contributed by atoms with E-state index < -0.39 is 0 Å². The Morgan fingerprint density at radius 1 is 1.00 bits per heavy atom. The lowest BCUT2D eigenvalue weighted by atomic mass is 10.2. The highest BCUT2D eigenvalue weighted by Crippen LogP contribution is 2.28. The van der Waals surface area contributed by atoms with Gasteiger partial charge in [0.2, 0.25) is 5.95 Å². The first kappa shape index (κ1) is 17.8. The van der Waals surface area contributed by atoms with Gasteiger partial charge in [-0.2, -0.15) is 4.98 Å². The van der Waals surface area contributed by atoms with E-state index in [2.05, 4.69) is 20.6 Å². The zero-order valence-corrected chi connectivity index (χ0v) is 15.2. The van der Waals surface area contributed by atoms with Crippen LogP contribution in [0.4, 0.5) is 17.5 Å². The number of anilines is 3. The predicted molar refractivity (Wildman–Crippen MR) is 104 cm³/mol. The molecule has 0 amide bonds. The SMILES string of the molecule is COc1ccc(CNc2ccnc(Nc3ccc(OC)c(Cl)c3)n2)cc1. The average Bonchev–Trinajstić information content (AvgIpc) is 2.67. The Bertz CT molecular complexity index is 872. The molecule has 0 aliphatic rings. The summed E-state index contributed by atoms with van der Waals surface area (Å²) in [6.45, 7) is 0.648. The normalized spacial score (nSPS) is 10.3. The minimum Gasteiger partial charge on any atom is -0.497 e. The van der Waals surface area contributed by atoms with E-state index in [0.717, 1.165) is 22.8 Å². The van der Waals surface area contributed by atoms with Crippen LogP contribution in [0.15, 0.2) is 54.7 Å². The first-order valence-corrected chi connectivity index (χ1v) is 8.36. The number of halogens is 1. The topological polar surface area (TPSA) is 68.3 Å². The number of nitrogens with one attached hydrogen (secondary N) is 2. The van der Waals surface area contributed by atoms with Gasteiger partial charge in [0.25, 0.3) is 0 Å². The van der Waals surface area contributed by atoms with Crippen LogP contribution in [0.1, 0.15) is 5.56 Å². The predicted octanol–water partition coefficient (Wildman–Crippen LogP) is 4.50. The molecule has 1 heterocycles. The third-order valence-corrected chi connectivity index (χ3v) is 3.99. The summed E-state index contributed by atoms with van der Waals surface area (Å²) in [7, 11) is 3.23. The number of ether oxygens (including phenoxy) is 2. The summed E-state index contributed by atoms with van der Waals surface area (Å²) >= 11 is 6.14. The molecule has 0 bridgehead atoms. The van der Waals surface area contributed by atoms with Gasteiger partial charge in [0.05, 0.1) is 19.2 Å². The maximum Gasteiger partial charge on any atom is 0.229 e. The highest BCUT2D eigenvalue weighted by Gasteiger charge is 2.04. The van der Waals surface area contributed by atoms with E-state index in [1.165, 1.54) is 0 Å². The molecule has 3 aromatic rings. The molecule has 0 aliphatic heterocycles. The van der Waals surface area contributed by atoms with E-state index in [1.807, 2.05) is 36.4 Å². The summed E-state index contributed by atoms with van der Waals surface area (Å²) < 4.78 is 10.3. The van der Waals surface area contributed by atoms with Crippen molar-refractivity contribution < 1.29 is 9.47 Å². The number of methoxy groups -OCH3 is 2. The van der Waals surface area contributed by atoms with Crippen molar-refractivity contribution >= 4 is 29.1 Å². The summed E-state index contributed by atoms with van der Waals surface area (Å²) in [5.74, 6) is 2.65. The van der Waals surface area contributed by atoms with Gasteiger partial charge in [0.15, 0.2) is 0 Å². The molecule has 0 aliphatic carbocycles. The van der Waals surface area contributed by atoms with Gasteiger partial charge in [-0.05, 0) is 42.0 Å². The Labute approximate surface area is 157 Å². The van der Waals surface area contributed by atoms with Crippen LogP contribution in [-0.2, 0) is 6.54 Å². The summed E-state index contributed by atoms with van der Waals surface area (Å²) in [6, 6.07) is 15.1. The van der Waals surface area contributed by atoms with Crippen molar-refractivity contribution in [2.75, 3.05) is 24.9 Å². The maximum atomic E-state index is 6.14. The zero-order valence-electron chi connectivity index (χ0n) is 14.5. The maximum absolute atomic E-state index is 6.14. The highest BCUT2D eigenvalue weighted by atomic mass is 35.5. The van der Waals surface area contributed by atoms with Crippen molar-refractivity contribution in [3.63, 3.8) is 0 Å². The van der Waals surface area contributed by atoms with Crippen LogP contribution in [0.25, 0.3) is 0 Å². The molecule has 26 heavy (non-hydrogen) atoms. The van der Waals surface area contributed by atoms with Gasteiger partial charge >= 0.3 is 0 Å². The first-order valence-electron chi connectivity index (χ1n) is 7.98. The fourth-order valence-electron chi connectivity index (χ4n) is 2.33.